The number of hydrogen-bond donors (Lipinski definition) is 0. The van der Waals surface area contributed by atoms with Crippen LogP contribution in [0.25, 0.3) is 10.8 Å². The van der Waals surface area contributed by atoms with Gasteiger partial charge in [-0.1, -0.05) is 46.3 Å². The Labute approximate surface area is 135 Å². The van der Waals surface area contributed by atoms with E-state index in [2.05, 4.69) is 15.9 Å². The maximum atomic E-state index is 12.9. The Morgan fingerprint density at radius 2 is 1.50 bits per heavy atom. The number of carbonyl (C=O) groups excluding carboxylic acids is 2. The van der Waals surface area contributed by atoms with E-state index in [4.69, 9.17) is 0 Å². The third kappa shape index (κ3) is 1.81. The van der Waals surface area contributed by atoms with Gasteiger partial charge < -0.3 is 0 Å². The Hall–Kier alpha value is -2.46. The maximum absolute atomic E-state index is 12.9. The zero-order chi connectivity index (χ0) is 15.3. The second kappa shape index (κ2) is 4.78. The Morgan fingerprint density at radius 1 is 0.773 bits per heavy atom. The van der Waals surface area contributed by atoms with Gasteiger partial charge in [0.25, 0.3) is 11.8 Å². The van der Waals surface area contributed by atoms with Gasteiger partial charge in [-0.2, -0.15) is 0 Å². The number of halogens is 1. The Kier molecular flexibility index (Phi) is 2.87. The van der Waals surface area contributed by atoms with Crippen molar-refractivity contribution in [2.75, 3.05) is 4.90 Å². The average Bonchev–Trinajstić information content (AvgIpc) is 2.53. The van der Waals surface area contributed by atoms with Crippen LogP contribution in [0.4, 0.5) is 5.69 Å². The van der Waals surface area contributed by atoms with Gasteiger partial charge in [-0.15, -0.1) is 0 Å². The van der Waals surface area contributed by atoms with Crippen LogP contribution in [0, 0.1) is 0 Å². The predicted molar refractivity (Wildman–Crippen MR) is 89.2 cm³/mol. The summed E-state index contributed by atoms with van der Waals surface area (Å²) < 4.78 is 0.822. The zero-order valence-corrected chi connectivity index (χ0v) is 13.0. The molecule has 0 aliphatic carbocycles. The van der Waals surface area contributed by atoms with E-state index < -0.39 is 0 Å². The number of nitrogens with zero attached hydrogens (tertiary/aromatic N) is 1. The first kappa shape index (κ1) is 13.2. The van der Waals surface area contributed by atoms with E-state index in [1.807, 2.05) is 36.4 Å². The molecular weight excluding hydrogens is 342 g/mol. The van der Waals surface area contributed by atoms with Gasteiger partial charge in [-0.25, -0.2) is 4.90 Å². The van der Waals surface area contributed by atoms with Crippen LogP contribution in [-0.2, 0) is 0 Å². The van der Waals surface area contributed by atoms with Crippen LogP contribution in [0.2, 0.25) is 0 Å². The van der Waals surface area contributed by atoms with E-state index >= 15 is 0 Å². The van der Waals surface area contributed by atoms with Gasteiger partial charge in [0.1, 0.15) is 0 Å². The Morgan fingerprint density at radius 3 is 2.27 bits per heavy atom. The lowest BCUT2D eigenvalue weighted by atomic mass is 9.94. The maximum Gasteiger partial charge on any atom is 0.266 e. The largest absolute Gasteiger partial charge is 0.268 e. The average molecular weight is 352 g/mol. The summed E-state index contributed by atoms with van der Waals surface area (Å²) in [6.45, 7) is 0. The molecule has 0 radical (unpaired) electrons. The number of para-hydroxylation sites is 1. The molecule has 0 unspecified atom stereocenters. The van der Waals surface area contributed by atoms with E-state index in [1.165, 1.54) is 4.90 Å². The lowest BCUT2D eigenvalue weighted by molar-refractivity contribution is 0.0893. The first-order chi connectivity index (χ1) is 10.7. The van der Waals surface area contributed by atoms with Gasteiger partial charge >= 0.3 is 0 Å². The molecular formula is C18H10BrNO2. The number of imide groups is 1. The molecule has 2 amide bonds. The number of anilines is 1. The topological polar surface area (TPSA) is 37.4 Å². The van der Waals surface area contributed by atoms with E-state index in [9.17, 15) is 9.59 Å². The molecule has 3 aromatic carbocycles. The van der Waals surface area contributed by atoms with E-state index in [0.717, 1.165) is 15.2 Å². The van der Waals surface area contributed by atoms with E-state index in [1.54, 1.807) is 24.3 Å². The number of hydrogen-bond acceptors (Lipinski definition) is 2. The van der Waals surface area contributed by atoms with Gasteiger partial charge in [0, 0.05) is 15.4 Å². The normalized spacial score (nSPS) is 13.8. The van der Waals surface area contributed by atoms with Gasteiger partial charge in [-0.05, 0) is 35.7 Å². The number of amides is 2. The summed E-state index contributed by atoms with van der Waals surface area (Å²) in [4.78, 5) is 26.9. The molecule has 106 valence electrons. The van der Waals surface area contributed by atoms with Crippen LogP contribution < -0.4 is 4.90 Å². The molecule has 0 N–H and O–H groups in total. The van der Waals surface area contributed by atoms with Crippen LogP contribution >= 0.6 is 15.9 Å². The molecule has 22 heavy (non-hydrogen) atoms. The fourth-order valence-corrected chi connectivity index (χ4v) is 3.36. The molecule has 0 bridgehead atoms. The van der Waals surface area contributed by atoms with Crippen molar-refractivity contribution in [3.8, 4) is 0 Å². The number of benzene rings is 3. The molecule has 0 saturated carbocycles. The van der Waals surface area contributed by atoms with Crippen molar-refractivity contribution in [2.45, 2.75) is 0 Å². The molecule has 1 aliphatic rings. The molecule has 4 heteroatoms. The minimum Gasteiger partial charge on any atom is -0.268 e. The highest BCUT2D eigenvalue weighted by Crippen LogP contribution is 2.34. The minimum absolute atomic E-state index is 0.281. The van der Waals surface area contributed by atoms with Crippen LogP contribution in [0.5, 0.6) is 0 Å². The van der Waals surface area contributed by atoms with Gasteiger partial charge in [0.2, 0.25) is 0 Å². The van der Waals surface area contributed by atoms with E-state index in [0.29, 0.717) is 16.8 Å². The van der Waals surface area contributed by atoms with Crippen LogP contribution in [0.3, 0.4) is 0 Å². The van der Waals surface area contributed by atoms with Crippen molar-refractivity contribution in [1.29, 1.82) is 0 Å². The van der Waals surface area contributed by atoms with Crippen molar-refractivity contribution in [1.82, 2.24) is 0 Å². The molecule has 0 spiro atoms. The van der Waals surface area contributed by atoms with Crippen molar-refractivity contribution in [2.24, 2.45) is 0 Å². The smallest absolute Gasteiger partial charge is 0.266 e. The molecule has 0 atom stereocenters. The number of carbonyl (C=O) groups is 2. The van der Waals surface area contributed by atoms with Crippen molar-refractivity contribution >= 4 is 44.2 Å². The van der Waals surface area contributed by atoms with Gasteiger partial charge in [-0.3, -0.25) is 9.59 Å². The third-order valence-corrected chi connectivity index (χ3v) is 4.28. The minimum atomic E-state index is -0.291. The lowest BCUT2D eigenvalue weighted by Gasteiger charge is -2.27. The molecule has 0 aromatic heterocycles. The Balaban J connectivity index is 2.04. The van der Waals surface area contributed by atoms with Gasteiger partial charge in [0.05, 0.1) is 11.3 Å². The summed E-state index contributed by atoms with van der Waals surface area (Å²) in [7, 11) is 0. The van der Waals surface area contributed by atoms with Crippen LogP contribution in [0.1, 0.15) is 20.7 Å². The highest BCUT2D eigenvalue weighted by atomic mass is 79.9. The zero-order valence-electron chi connectivity index (χ0n) is 11.4. The van der Waals surface area contributed by atoms with Crippen LogP contribution in [-0.4, -0.2) is 11.8 Å². The highest BCUT2D eigenvalue weighted by Gasteiger charge is 2.33. The van der Waals surface area contributed by atoms with Crippen molar-refractivity contribution in [3.05, 3.63) is 76.3 Å². The number of rotatable bonds is 1. The molecule has 0 fully saturated rings. The molecule has 1 aliphatic heterocycles. The second-order valence-electron chi connectivity index (χ2n) is 5.14. The monoisotopic (exact) mass is 351 g/mol. The molecule has 3 nitrogen and oxygen atoms in total. The fourth-order valence-electron chi connectivity index (χ4n) is 2.88. The standard InChI is InChI=1S/C18H10BrNO2/c19-12-9-11-5-4-8-14-16(11)15(10-12)18(22)20(17(14)21)13-6-2-1-3-7-13/h1-10H. The summed E-state index contributed by atoms with van der Waals surface area (Å²) in [5.41, 5.74) is 1.69. The molecule has 4 rings (SSSR count). The van der Waals surface area contributed by atoms with Crippen molar-refractivity contribution < 1.29 is 9.59 Å². The van der Waals surface area contributed by atoms with Gasteiger partial charge in [0.15, 0.2) is 0 Å². The molecule has 0 saturated heterocycles. The first-order valence-electron chi connectivity index (χ1n) is 6.83. The summed E-state index contributed by atoms with van der Waals surface area (Å²) in [5.74, 6) is -0.571. The van der Waals surface area contributed by atoms with Crippen LogP contribution in [0.15, 0.2) is 65.1 Å². The predicted octanol–water partition coefficient (Wildman–Crippen LogP) is 4.40. The fraction of sp³-hybridized carbons (Fsp3) is 0. The third-order valence-electron chi connectivity index (χ3n) is 3.82. The SMILES string of the molecule is O=C1c2cccc3cc(Br)cc(c23)C(=O)N1c1ccccc1. The Bertz CT molecular complexity index is 934. The second-order valence-corrected chi connectivity index (χ2v) is 6.05. The summed E-state index contributed by atoms with van der Waals surface area (Å²) in [6, 6.07) is 18.2. The van der Waals surface area contributed by atoms with E-state index in [-0.39, 0.29) is 11.8 Å². The quantitative estimate of drug-likeness (QED) is 0.609. The molecule has 3 aromatic rings. The molecule has 1 heterocycles. The highest BCUT2D eigenvalue weighted by molar-refractivity contribution is 9.10. The van der Waals surface area contributed by atoms with Crippen molar-refractivity contribution in [3.63, 3.8) is 0 Å². The summed E-state index contributed by atoms with van der Waals surface area (Å²) >= 11 is 3.44. The lowest BCUT2D eigenvalue weighted by Crippen LogP contribution is -2.40. The summed E-state index contributed by atoms with van der Waals surface area (Å²) in [6.07, 6.45) is 0. The summed E-state index contributed by atoms with van der Waals surface area (Å²) in [5, 5.41) is 1.61. The first-order valence-corrected chi connectivity index (χ1v) is 7.62.